The minimum atomic E-state index is -0.170. The molecule has 116 valence electrons. The molecule has 0 aliphatic rings. The number of aromatic nitrogens is 3. The van der Waals surface area contributed by atoms with Gasteiger partial charge in [-0.05, 0) is 42.2 Å². The number of H-pyrrole nitrogens is 1. The third-order valence-corrected chi connectivity index (χ3v) is 4.13. The molecule has 0 spiro atoms. The van der Waals surface area contributed by atoms with Gasteiger partial charge in [0.15, 0.2) is 0 Å². The quantitative estimate of drug-likeness (QED) is 0.700. The Kier molecular flexibility index (Phi) is 4.73. The molecule has 2 N–H and O–H groups in total. The van der Waals surface area contributed by atoms with E-state index in [1.54, 1.807) is 24.2 Å². The molecule has 0 bridgehead atoms. The summed E-state index contributed by atoms with van der Waals surface area (Å²) in [4.78, 5) is 17.8. The summed E-state index contributed by atoms with van der Waals surface area (Å²) in [6.07, 6.45) is 3.29. The predicted molar refractivity (Wildman–Crippen MR) is 92.6 cm³/mol. The molecule has 0 aliphatic heterocycles. The summed E-state index contributed by atoms with van der Waals surface area (Å²) in [5.74, 6) is 0.838. The lowest BCUT2D eigenvalue weighted by molar-refractivity contribution is 0.102. The van der Waals surface area contributed by atoms with Gasteiger partial charge in [-0.15, -0.1) is 11.8 Å². The van der Waals surface area contributed by atoms with Gasteiger partial charge >= 0.3 is 0 Å². The van der Waals surface area contributed by atoms with Gasteiger partial charge in [-0.3, -0.25) is 14.9 Å². The van der Waals surface area contributed by atoms with Crippen molar-refractivity contribution in [3.63, 3.8) is 0 Å². The van der Waals surface area contributed by atoms with Crippen LogP contribution in [0.15, 0.2) is 59.8 Å². The standard InChI is InChI=1S/C17H16N4OS/c1-2-23-13-8-6-12(7-9-13)17(22)20-15-11-19-21-16(15)14-5-3-4-10-18-14/h3-11H,2H2,1H3,(H,19,21)(H,20,22). The second-order valence-corrected chi connectivity index (χ2v) is 6.12. The van der Waals surface area contributed by atoms with Crippen molar-refractivity contribution >= 4 is 23.4 Å². The Bertz CT molecular complexity index is 784. The Labute approximate surface area is 138 Å². The van der Waals surface area contributed by atoms with E-state index in [2.05, 4.69) is 27.4 Å². The van der Waals surface area contributed by atoms with Crippen LogP contribution in [-0.4, -0.2) is 26.8 Å². The van der Waals surface area contributed by atoms with E-state index in [1.165, 1.54) is 0 Å². The predicted octanol–water partition coefficient (Wildman–Crippen LogP) is 3.84. The van der Waals surface area contributed by atoms with Crippen LogP contribution in [0.5, 0.6) is 0 Å². The second-order valence-electron chi connectivity index (χ2n) is 4.79. The van der Waals surface area contributed by atoms with Gasteiger partial charge in [-0.1, -0.05) is 13.0 Å². The molecule has 6 heteroatoms. The molecule has 23 heavy (non-hydrogen) atoms. The highest BCUT2D eigenvalue weighted by molar-refractivity contribution is 7.99. The topological polar surface area (TPSA) is 70.7 Å². The van der Waals surface area contributed by atoms with Gasteiger partial charge in [0, 0.05) is 16.7 Å². The molecule has 1 aromatic carbocycles. The summed E-state index contributed by atoms with van der Waals surface area (Å²) < 4.78 is 0. The van der Waals surface area contributed by atoms with E-state index < -0.39 is 0 Å². The molecule has 5 nitrogen and oxygen atoms in total. The number of nitrogens with one attached hydrogen (secondary N) is 2. The lowest BCUT2D eigenvalue weighted by atomic mass is 10.2. The number of amides is 1. The third kappa shape index (κ3) is 3.60. The van der Waals surface area contributed by atoms with Crippen molar-refractivity contribution in [2.75, 3.05) is 11.1 Å². The zero-order chi connectivity index (χ0) is 16.1. The van der Waals surface area contributed by atoms with E-state index in [-0.39, 0.29) is 5.91 Å². The number of hydrogen-bond donors (Lipinski definition) is 2. The minimum absolute atomic E-state index is 0.170. The van der Waals surface area contributed by atoms with Crippen molar-refractivity contribution in [3.8, 4) is 11.4 Å². The van der Waals surface area contributed by atoms with E-state index in [0.717, 1.165) is 16.3 Å². The maximum absolute atomic E-state index is 12.4. The second kappa shape index (κ2) is 7.11. The van der Waals surface area contributed by atoms with E-state index in [0.29, 0.717) is 16.9 Å². The Hall–Kier alpha value is -2.60. The molecule has 2 aromatic heterocycles. The van der Waals surface area contributed by atoms with Crippen molar-refractivity contribution in [1.29, 1.82) is 0 Å². The van der Waals surface area contributed by atoms with Crippen molar-refractivity contribution in [2.24, 2.45) is 0 Å². The van der Waals surface area contributed by atoms with Crippen molar-refractivity contribution in [1.82, 2.24) is 15.2 Å². The maximum atomic E-state index is 12.4. The SMILES string of the molecule is CCSc1ccc(C(=O)Nc2cn[nH]c2-c2ccccn2)cc1. The van der Waals surface area contributed by atoms with Crippen molar-refractivity contribution in [3.05, 3.63) is 60.4 Å². The van der Waals surface area contributed by atoms with E-state index in [9.17, 15) is 4.79 Å². The molecular weight excluding hydrogens is 308 g/mol. The molecule has 3 aromatic rings. The highest BCUT2D eigenvalue weighted by Gasteiger charge is 2.13. The maximum Gasteiger partial charge on any atom is 0.255 e. The first kappa shape index (κ1) is 15.3. The van der Waals surface area contributed by atoms with Gasteiger partial charge in [-0.25, -0.2) is 0 Å². The largest absolute Gasteiger partial charge is 0.319 e. The third-order valence-electron chi connectivity index (χ3n) is 3.24. The average molecular weight is 324 g/mol. The number of nitrogens with zero attached hydrogens (tertiary/aromatic N) is 2. The molecular formula is C17H16N4OS. The molecule has 3 rings (SSSR count). The fourth-order valence-corrected chi connectivity index (χ4v) is 2.81. The Morgan fingerprint density at radius 2 is 2.04 bits per heavy atom. The molecule has 0 atom stereocenters. The van der Waals surface area contributed by atoms with Crippen LogP contribution in [0.2, 0.25) is 0 Å². The fourth-order valence-electron chi connectivity index (χ4n) is 2.15. The molecule has 0 saturated carbocycles. The van der Waals surface area contributed by atoms with Crippen LogP contribution >= 0.6 is 11.8 Å². The summed E-state index contributed by atoms with van der Waals surface area (Å²) in [7, 11) is 0. The Balaban J connectivity index is 1.77. The lowest BCUT2D eigenvalue weighted by Crippen LogP contribution is -2.12. The molecule has 0 fully saturated rings. The van der Waals surface area contributed by atoms with Gasteiger partial charge in [0.25, 0.3) is 5.91 Å². The number of thioether (sulfide) groups is 1. The summed E-state index contributed by atoms with van der Waals surface area (Å²) in [5, 5.41) is 9.75. The summed E-state index contributed by atoms with van der Waals surface area (Å²) in [6, 6.07) is 13.2. The van der Waals surface area contributed by atoms with Crippen molar-refractivity contribution < 1.29 is 4.79 Å². The zero-order valence-corrected chi connectivity index (χ0v) is 13.4. The number of carbonyl (C=O) groups excluding carboxylic acids is 1. The zero-order valence-electron chi connectivity index (χ0n) is 12.6. The molecule has 0 saturated heterocycles. The highest BCUT2D eigenvalue weighted by Crippen LogP contribution is 2.24. The van der Waals surface area contributed by atoms with Gasteiger partial charge in [0.1, 0.15) is 5.69 Å². The Morgan fingerprint density at radius 1 is 1.22 bits per heavy atom. The summed E-state index contributed by atoms with van der Waals surface area (Å²) >= 11 is 1.75. The monoisotopic (exact) mass is 324 g/mol. The van der Waals surface area contributed by atoms with Gasteiger partial charge in [0.05, 0.1) is 17.6 Å². The molecule has 0 aliphatic carbocycles. The summed E-state index contributed by atoms with van der Waals surface area (Å²) in [6.45, 7) is 2.10. The van der Waals surface area contributed by atoms with Crippen LogP contribution in [0, 0.1) is 0 Å². The van der Waals surface area contributed by atoms with Crippen LogP contribution in [0.1, 0.15) is 17.3 Å². The molecule has 1 amide bonds. The number of hydrogen-bond acceptors (Lipinski definition) is 4. The minimum Gasteiger partial charge on any atom is -0.319 e. The average Bonchev–Trinajstić information content (AvgIpc) is 3.05. The number of rotatable bonds is 5. The molecule has 2 heterocycles. The Morgan fingerprint density at radius 3 is 2.74 bits per heavy atom. The van der Waals surface area contributed by atoms with Crippen LogP contribution in [0.4, 0.5) is 5.69 Å². The summed E-state index contributed by atoms with van der Waals surface area (Å²) in [5.41, 5.74) is 2.64. The first-order valence-electron chi connectivity index (χ1n) is 7.27. The van der Waals surface area contributed by atoms with Gasteiger partial charge in [-0.2, -0.15) is 5.10 Å². The number of benzene rings is 1. The van der Waals surface area contributed by atoms with Gasteiger partial charge < -0.3 is 5.32 Å². The van der Waals surface area contributed by atoms with E-state index >= 15 is 0 Å². The lowest BCUT2D eigenvalue weighted by Gasteiger charge is -2.06. The van der Waals surface area contributed by atoms with Gasteiger partial charge in [0.2, 0.25) is 0 Å². The molecule has 0 unspecified atom stereocenters. The number of aromatic amines is 1. The number of anilines is 1. The first-order valence-corrected chi connectivity index (χ1v) is 8.25. The van der Waals surface area contributed by atoms with Crippen molar-refractivity contribution in [2.45, 2.75) is 11.8 Å². The van der Waals surface area contributed by atoms with Crippen LogP contribution < -0.4 is 5.32 Å². The normalized spacial score (nSPS) is 10.5. The highest BCUT2D eigenvalue weighted by atomic mass is 32.2. The number of pyridine rings is 1. The van der Waals surface area contributed by atoms with Crippen LogP contribution in [0.3, 0.4) is 0 Å². The number of carbonyl (C=O) groups is 1. The van der Waals surface area contributed by atoms with E-state index in [4.69, 9.17) is 0 Å². The van der Waals surface area contributed by atoms with Crippen LogP contribution in [0.25, 0.3) is 11.4 Å². The fraction of sp³-hybridized carbons (Fsp3) is 0.118. The first-order chi connectivity index (χ1) is 11.3. The smallest absolute Gasteiger partial charge is 0.255 e. The van der Waals surface area contributed by atoms with E-state index in [1.807, 2.05) is 42.5 Å². The molecule has 0 radical (unpaired) electrons. The van der Waals surface area contributed by atoms with Crippen LogP contribution in [-0.2, 0) is 0 Å².